The Morgan fingerprint density at radius 1 is 1.18 bits per heavy atom. The number of amides is 2. The molecule has 2 amide bonds. The number of para-hydroxylation sites is 1. The molecule has 0 bridgehead atoms. The molecule has 1 heterocycles. The van der Waals surface area contributed by atoms with E-state index in [1.807, 2.05) is 23.6 Å². The van der Waals surface area contributed by atoms with Gasteiger partial charge in [0.05, 0.1) is 23.4 Å². The Kier molecular flexibility index (Phi) is 6.78. The van der Waals surface area contributed by atoms with Crippen molar-refractivity contribution < 1.29 is 14.3 Å². The van der Waals surface area contributed by atoms with Crippen molar-refractivity contribution in [2.45, 2.75) is 6.61 Å². The lowest BCUT2D eigenvalue weighted by Gasteiger charge is -2.17. The Morgan fingerprint density at radius 3 is 2.61 bits per heavy atom. The number of thiazole rings is 1. The molecule has 0 aliphatic rings. The highest BCUT2D eigenvalue weighted by atomic mass is 79.9. The maximum atomic E-state index is 12.5. The standard InChI is InChI=1S/C20H18BrN3O3S/c1-24(10-19(25)23-18-5-3-2-4-17(18)21)20(26)14-6-8-16(9-7-14)27-11-15-12-28-13-22-15/h2-9,12-13H,10-11H2,1H3,(H,23,25). The number of likely N-dealkylation sites (N-methyl/N-ethyl adjacent to an activating group) is 1. The third-order valence-electron chi connectivity index (χ3n) is 3.85. The Bertz CT molecular complexity index is 946. The topological polar surface area (TPSA) is 71.5 Å². The van der Waals surface area contributed by atoms with E-state index in [0.717, 1.165) is 10.2 Å². The van der Waals surface area contributed by atoms with Gasteiger partial charge in [0, 0.05) is 22.5 Å². The van der Waals surface area contributed by atoms with Crippen LogP contribution in [-0.2, 0) is 11.4 Å². The second kappa shape index (κ2) is 9.48. The van der Waals surface area contributed by atoms with Crippen LogP contribution in [0.25, 0.3) is 0 Å². The van der Waals surface area contributed by atoms with Crippen molar-refractivity contribution in [2.24, 2.45) is 0 Å². The number of carbonyl (C=O) groups excluding carboxylic acids is 2. The number of benzene rings is 2. The van der Waals surface area contributed by atoms with Gasteiger partial charge in [-0.05, 0) is 52.3 Å². The summed E-state index contributed by atoms with van der Waals surface area (Å²) in [7, 11) is 1.59. The Hall–Kier alpha value is -2.71. The smallest absolute Gasteiger partial charge is 0.254 e. The minimum Gasteiger partial charge on any atom is -0.487 e. The van der Waals surface area contributed by atoms with Crippen LogP contribution in [0.1, 0.15) is 16.1 Å². The predicted octanol–water partition coefficient (Wildman–Crippen LogP) is 4.20. The number of carbonyl (C=O) groups is 2. The summed E-state index contributed by atoms with van der Waals surface area (Å²) in [6, 6.07) is 14.1. The van der Waals surface area contributed by atoms with E-state index >= 15 is 0 Å². The van der Waals surface area contributed by atoms with Crippen LogP contribution in [0.2, 0.25) is 0 Å². The Morgan fingerprint density at radius 2 is 1.93 bits per heavy atom. The first-order chi connectivity index (χ1) is 13.5. The van der Waals surface area contributed by atoms with Crippen LogP contribution in [-0.4, -0.2) is 35.3 Å². The van der Waals surface area contributed by atoms with E-state index in [0.29, 0.717) is 23.6 Å². The molecule has 28 heavy (non-hydrogen) atoms. The van der Waals surface area contributed by atoms with Gasteiger partial charge in [0.1, 0.15) is 12.4 Å². The SMILES string of the molecule is CN(CC(=O)Nc1ccccc1Br)C(=O)c1ccc(OCc2cscn2)cc1. The van der Waals surface area contributed by atoms with Crippen molar-refractivity contribution in [1.29, 1.82) is 0 Å². The molecule has 1 aromatic heterocycles. The van der Waals surface area contributed by atoms with E-state index in [1.54, 1.807) is 42.9 Å². The average molecular weight is 460 g/mol. The van der Waals surface area contributed by atoms with Crippen LogP contribution >= 0.6 is 27.3 Å². The number of rotatable bonds is 7. The van der Waals surface area contributed by atoms with Crippen molar-refractivity contribution in [3.63, 3.8) is 0 Å². The summed E-state index contributed by atoms with van der Waals surface area (Å²) in [5.41, 5.74) is 3.76. The summed E-state index contributed by atoms with van der Waals surface area (Å²) < 4.78 is 6.42. The quantitative estimate of drug-likeness (QED) is 0.574. The molecule has 0 radical (unpaired) electrons. The maximum absolute atomic E-state index is 12.5. The van der Waals surface area contributed by atoms with Gasteiger partial charge < -0.3 is 15.0 Å². The van der Waals surface area contributed by atoms with Crippen molar-refractivity contribution in [2.75, 3.05) is 18.9 Å². The summed E-state index contributed by atoms with van der Waals surface area (Å²) >= 11 is 4.89. The molecular weight excluding hydrogens is 442 g/mol. The van der Waals surface area contributed by atoms with Crippen LogP contribution in [0.4, 0.5) is 5.69 Å². The number of nitrogens with zero attached hydrogens (tertiary/aromatic N) is 2. The number of anilines is 1. The highest BCUT2D eigenvalue weighted by Crippen LogP contribution is 2.21. The fourth-order valence-electron chi connectivity index (χ4n) is 2.42. The molecule has 144 valence electrons. The van der Waals surface area contributed by atoms with Gasteiger partial charge in [-0.25, -0.2) is 4.98 Å². The van der Waals surface area contributed by atoms with Crippen LogP contribution in [0.3, 0.4) is 0 Å². The van der Waals surface area contributed by atoms with Gasteiger partial charge in [0.25, 0.3) is 5.91 Å². The number of halogens is 1. The van der Waals surface area contributed by atoms with Gasteiger partial charge >= 0.3 is 0 Å². The molecule has 3 rings (SSSR count). The molecule has 6 nitrogen and oxygen atoms in total. The van der Waals surface area contributed by atoms with Crippen molar-refractivity contribution >= 4 is 44.8 Å². The summed E-state index contributed by atoms with van der Waals surface area (Å²) in [6.07, 6.45) is 0. The number of ether oxygens (including phenoxy) is 1. The summed E-state index contributed by atoms with van der Waals surface area (Å²) in [6.45, 7) is 0.328. The fourth-order valence-corrected chi connectivity index (χ4v) is 3.35. The first-order valence-corrected chi connectivity index (χ1v) is 10.2. The molecule has 0 aliphatic carbocycles. The van der Waals surface area contributed by atoms with E-state index in [-0.39, 0.29) is 18.4 Å². The minimum absolute atomic E-state index is 0.0533. The zero-order chi connectivity index (χ0) is 19.9. The second-order valence-electron chi connectivity index (χ2n) is 5.98. The normalized spacial score (nSPS) is 10.4. The van der Waals surface area contributed by atoms with E-state index < -0.39 is 0 Å². The van der Waals surface area contributed by atoms with Crippen LogP contribution in [0.5, 0.6) is 5.75 Å². The highest BCUT2D eigenvalue weighted by molar-refractivity contribution is 9.10. The van der Waals surface area contributed by atoms with Gasteiger partial charge in [0.2, 0.25) is 5.91 Å². The molecule has 0 atom stereocenters. The lowest BCUT2D eigenvalue weighted by molar-refractivity contribution is -0.116. The highest BCUT2D eigenvalue weighted by Gasteiger charge is 2.15. The number of aromatic nitrogens is 1. The van der Waals surface area contributed by atoms with E-state index in [2.05, 4.69) is 26.2 Å². The van der Waals surface area contributed by atoms with Crippen LogP contribution < -0.4 is 10.1 Å². The van der Waals surface area contributed by atoms with Crippen LogP contribution in [0.15, 0.2) is 63.9 Å². The summed E-state index contributed by atoms with van der Waals surface area (Å²) in [4.78, 5) is 30.3. The Labute approximate surface area is 175 Å². The molecule has 0 aliphatic heterocycles. The van der Waals surface area contributed by atoms with Gasteiger partial charge in [-0.1, -0.05) is 12.1 Å². The molecule has 3 aromatic rings. The number of hydrogen-bond donors (Lipinski definition) is 1. The molecule has 0 saturated carbocycles. The molecule has 0 fully saturated rings. The predicted molar refractivity (Wildman–Crippen MR) is 113 cm³/mol. The molecule has 8 heteroatoms. The van der Waals surface area contributed by atoms with Crippen molar-refractivity contribution in [1.82, 2.24) is 9.88 Å². The Balaban J connectivity index is 1.53. The van der Waals surface area contributed by atoms with Crippen LogP contribution in [0, 0.1) is 0 Å². The number of hydrogen-bond acceptors (Lipinski definition) is 5. The molecule has 2 aromatic carbocycles. The molecule has 1 N–H and O–H groups in total. The van der Waals surface area contributed by atoms with E-state index in [9.17, 15) is 9.59 Å². The van der Waals surface area contributed by atoms with E-state index in [4.69, 9.17) is 4.74 Å². The van der Waals surface area contributed by atoms with E-state index in [1.165, 1.54) is 16.2 Å². The third kappa shape index (κ3) is 5.40. The second-order valence-corrected chi connectivity index (χ2v) is 7.56. The first kappa shape index (κ1) is 20.0. The van der Waals surface area contributed by atoms with Gasteiger partial charge in [0.15, 0.2) is 0 Å². The molecule has 0 spiro atoms. The largest absolute Gasteiger partial charge is 0.487 e. The monoisotopic (exact) mass is 459 g/mol. The molecule has 0 unspecified atom stereocenters. The zero-order valence-electron chi connectivity index (χ0n) is 15.1. The lowest BCUT2D eigenvalue weighted by Crippen LogP contribution is -2.34. The van der Waals surface area contributed by atoms with Gasteiger partial charge in [-0.3, -0.25) is 9.59 Å². The maximum Gasteiger partial charge on any atom is 0.254 e. The molecular formula is C20H18BrN3O3S. The lowest BCUT2D eigenvalue weighted by atomic mass is 10.2. The molecule has 0 saturated heterocycles. The third-order valence-corrected chi connectivity index (χ3v) is 5.17. The minimum atomic E-state index is -0.272. The number of nitrogens with one attached hydrogen (secondary N) is 1. The van der Waals surface area contributed by atoms with Gasteiger partial charge in [-0.2, -0.15) is 0 Å². The summed E-state index contributed by atoms with van der Waals surface area (Å²) in [5.74, 6) is 0.137. The fraction of sp³-hybridized carbons (Fsp3) is 0.150. The van der Waals surface area contributed by atoms with Crippen molar-refractivity contribution in [3.05, 3.63) is 75.2 Å². The summed E-state index contributed by atoms with van der Waals surface area (Å²) in [5, 5.41) is 4.70. The van der Waals surface area contributed by atoms with Gasteiger partial charge in [-0.15, -0.1) is 11.3 Å². The average Bonchev–Trinajstić information content (AvgIpc) is 3.21. The first-order valence-electron chi connectivity index (χ1n) is 8.42. The zero-order valence-corrected chi connectivity index (χ0v) is 17.5. The van der Waals surface area contributed by atoms with Crippen molar-refractivity contribution in [3.8, 4) is 5.75 Å².